The van der Waals surface area contributed by atoms with Crippen LogP contribution in [0.2, 0.25) is 0 Å². The molecule has 192 valence electrons. The van der Waals surface area contributed by atoms with Crippen molar-refractivity contribution in [2.45, 2.75) is 13.5 Å². The van der Waals surface area contributed by atoms with Gasteiger partial charge in [-0.15, -0.1) is 11.3 Å². The Labute approximate surface area is 220 Å². The van der Waals surface area contributed by atoms with E-state index in [2.05, 4.69) is 62.9 Å². The smallest absolute Gasteiger partial charge is 0.220 e. The van der Waals surface area contributed by atoms with Crippen LogP contribution in [-0.2, 0) is 11.3 Å². The van der Waals surface area contributed by atoms with Crippen molar-refractivity contribution in [3.8, 4) is 22.0 Å². The van der Waals surface area contributed by atoms with Crippen molar-refractivity contribution in [3.63, 3.8) is 0 Å². The maximum Gasteiger partial charge on any atom is 0.220 e. The maximum absolute atomic E-state index is 5.88. The van der Waals surface area contributed by atoms with Crippen molar-refractivity contribution in [3.05, 3.63) is 47.7 Å². The van der Waals surface area contributed by atoms with Gasteiger partial charge in [0.05, 0.1) is 23.4 Å². The SMILES string of the molecule is Cc1c(-c2cccc(CN3CCN(C)CC3)c2)sc2c(N3CCOCC3)nc(-c3ccnc(N)n3)nc12. The minimum Gasteiger partial charge on any atom is -0.378 e. The number of benzene rings is 1. The Morgan fingerprint density at radius 1 is 1.00 bits per heavy atom. The second-order valence-corrected chi connectivity index (χ2v) is 10.8. The van der Waals surface area contributed by atoms with Crippen LogP contribution in [0.5, 0.6) is 0 Å². The summed E-state index contributed by atoms with van der Waals surface area (Å²) in [5.74, 6) is 1.72. The first kappa shape index (κ1) is 24.2. The van der Waals surface area contributed by atoms with Gasteiger partial charge in [0.2, 0.25) is 5.95 Å². The molecule has 0 atom stereocenters. The van der Waals surface area contributed by atoms with Crippen molar-refractivity contribution < 1.29 is 4.74 Å². The van der Waals surface area contributed by atoms with Crippen LogP contribution in [0.25, 0.3) is 32.2 Å². The van der Waals surface area contributed by atoms with Gasteiger partial charge in [0.25, 0.3) is 0 Å². The lowest BCUT2D eigenvalue weighted by molar-refractivity contribution is 0.122. The number of rotatable bonds is 5. The summed E-state index contributed by atoms with van der Waals surface area (Å²) in [6, 6.07) is 10.8. The first-order chi connectivity index (χ1) is 18.0. The van der Waals surface area contributed by atoms with E-state index in [-0.39, 0.29) is 5.95 Å². The zero-order valence-corrected chi connectivity index (χ0v) is 22.2. The van der Waals surface area contributed by atoms with Gasteiger partial charge in [-0.3, -0.25) is 4.90 Å². The Morgan fingerprint density at radius 2 is 1.81 bits per heavy atom. The van der Waals surface area contributed by atoms with Gasteiger partial charge >= 0.3 is 0 Å². The largest absolute Gasteiger partial charge is 0.378 e. The van der Waals surface area contributed by atoms with Crippen molar-refractivity contribution in [2.75, 3.05) is 70.2 Å². The maximum atomic E-state index is 5.88. The number of aryl methyl sites for hydroxylation is 1. The van der Waals surface area contributed by atoms with Gasteiger partial charge in [-0.05, 0) is 42.8 Å². The average molecular weight is 517 g/mol. The minimum absolute atomic E-state index is 0.217. The molecule has 0 unspecified atom stereocenters. The Kier molecular flexibility index (Phi) is 6.72. The first-order valence-electron chi connectivity index (χ1n) is 12.8. The molecule has 0 spiro atoms. The van der Waals surface area contributed by atoms with Crippen LogP contribution in [0.15, 0.2) is 36.5 Å². The highest BCUT2D eigenvalue weighted by Gasteiger charge is 2.23. The van der Waals surface area contributed by atoms with E-state index in [4.69, 9.17) is 20.4 Å². The molecule has 4 aromatic rings. The lowest BCUT2D eigenvalue weighted by Gasteiger charge is -2.32. The zero-order chi connectivity index (χ0) is 25.4. The van der Waals surface area contributed by atoms with E-state index in [0.29, 0.717) is 24.7 Å². The molecule has 1 aromatic carbocycles. The second-order valence-electron chi connectivity index (χ2n) is 9.78. The highest BCUT2D eigenvalue weighted by molar-refractivity contribution is 7.23. The number of aromatic nitrogens is 4. The van der Waals surface area contributed by atoms with Crippen LogP contribution in [0.3, 0.4) is 0 Å². The van der Waals surface area contributed by atoms with Crippen molar-refractivity contribution in [1.82, 2.24) is 29.7 Å². The number of piperazine rings is 1. The summed E-state index contributed by atoms with van der Waals surface area (Å²) in [7, 11) is 2.20. The fourth-order valence-corrected chi connectivity index (χ4v) is 6.29. The minimum atomic E-state index is 0.217. The van der Waals surface area contributed by atoms with Gasteiger partial charge in [-0.2, -0.15) is 0 Å². The number of hydrogen-bond donors (Lipinski definition) is 1. The van der Waals surface area contributed by atoms with Crippen LogP contribution < -0.4 is 10.6 Å². The summed E-state index contributed by atoms with van der Waals surface area (Å²) < 4.78 is 6.72. The topological polar surface area (TPSA) is 96.5 Å². The molecule has 0 aliphatic carbocycles. The third kappa shape index (κ3) is 5.02. The molecule has 0 amide bonds. The normalized spacial score (nSPS) is 17.5. The molecule has 2 aliphatic heterocycles. The molecule has 37 heavy (non-hydrogen) atoms. The summed E-state index contributed by atoms with van der Waals surface area (Å²) in [6.07, 6.45) is 1.65. The van der Waals surface area contributed by atoms with Crippen molar-refractivity contribution in [2.24, 2.45) is 0 Å². The number of nitrogens with two attached hydrogens (primary N) is 1. The summed E-state index contributed by atoms with van der Waals surface area (Å²) in [4.78, 5) is 26.9. The van der Waals surface area contributed by atoms with Crippen molar-refractivity contribution >= 4 is 33.3 Å². The molecule has 0 bridgehead atoms. The molecule has 5 heterocycles. The fraction of sp³-hybridized carbons (Fsp3) is 0.407. The highest BCUT2D eigenvalue weighted by atomic mass is 32.1. The van der Waals surface area contributed by atoms with Crippen LogP contribution in [0.4, 0.5) is 11.8 Å². The second kappa shape index (κ2) is 10.3. The lowest BCUT2D eigenvalue weighted by Crippen LogP contribution is -2.43. The Hall–Kier alpha value is -3.18. The fourth-order valence-electron chi connectivity index (χ4n) is 5.03. The highest BCUT2D eigenvalue weighted by Crippen LogP contribution is 2.42. The molecular weight excluding hydrogens is 484 g/mol. The number of nitrogens with zero attached hydrogens (tertiary/aromatic N) is 7. The molecule has 6 rings (SSSR count). The predicted molar refractivity (Wildman–Crippen MR) is 149 cm³/mol. The van der Waals surface area contributed by atoms with Gasteiger partial charge < -0.3 is 20.3 Å². The lowest BCUT2D eigenvalue weighted by atomic mass is 10.1. The molecule has 2 aliphatic rings. The molecule has 0 radical (unpaired) electrons. The van der Waals surface area contributed by atoms with Crippen LogP contribution in [0, 0.1) is 6.92 Å². The zero-order valence-electron chi connectivity index (χ0n) is 21.4. The van der Waals surface area contributed by atoms with Gasteiger partial charge in [0.1, 0.15) is 5.69 Å². The van der Waals surface area contributed by atoms with E-state index >= 15 is 0 Å². The van der Waals surface area contributed by atoms with Crippen LogP contribution in [0.1, 0.15) is 11.1 Å². The summed E-state index contributed by atoms with van der Waals surface area (Å²) in [5.41, 5.74) is 11.2. The van der Waals surface area contributed by atoms with Gasteiger partial charge in [-0.1, -0.05) is 18.2 Å². The average Bonchev–Trinajstić information content (AvgIpc) is 3.26. The van der Waals surface area contributed by atoms with E-state index in [0.717, 1.165) is 67.4 Å². The number of likely N-dealkylation sites (N-methyl/N-ethyl adjacent to an activating group) is 1. The number of fused-ring (bicyclic) bond motifs is 1. The number of anilines is 2. The molecule has 9 nitrogen and oxygen atoms in total. The Morgan fingerprint density at radius 3 is 2.59 bits per heavy atom. The summed E-state index contributed by atoms with van der Waals surface area (Å²) in [6.45, 7) is 10.6. The molecular formula is C27H32N8OS. The van der Waals surface area contributed by atoms with E-state index in [1.807, 2.05) is 6.07 Å². The molecule has 3 aromatic heterocycles. The van der Waals surface area contributed by atoms with E-state index in [9.17, 15) is 0 Å². The number of nitrogen functional groups attached to an aromatic ring is 1. The monoisotopic (exact) mass is 516 g/mol. The molecule has 2 fully saturated rings. The quantitative estimate of drug-likeness (QED) is 0.429. The van der Waals surface area contributed by atoms with Crippen LogP contribution >= 0.6 is 11.3 Å². The predicted octanol–water partition coefficient (Wildman–Crippen LogP) is 3.29. The summed E-state index contributed by atoms with van der Waals surface area (Å²) >= 11 is 1.77. The number of hydrogen-bond acceptors (Lipinski definition) is 10. The Bertz CT molecular complexity index is 1410. The van der Waals surface area contributed by atoms with Crippen molar-refractivity contribution in [1.29, 1.82) is 0 Å². The van der Waals surface area contributed by atoms with Gasteiger partial charge in [-0.25, -0.2) is 19.9 Å². The van der Waals surface area contributed by atoms with E-state index in [1.165, 1.54) is 16.0 Å². The number of thiophene rings is 1. The van der Waals surface area contributed by atoms with E-state index < -0.39 is 0 Å². The standard InChI is InChI=1S/C27H32N8OS/c1-18-22-24(37-23(18)20-5-3-4-19(16-20)17-34-10-8-33(2)9-11-34)26(35-12-14-36-15-13-35)32-25(31-22)21-6-7-29-27(28)30-21/h3-7,16H,8-15,17H2,1-2H3,(H2,28,29,30). The third-order valence-electron chi connectivity index (χ3n) is 7.15. The van der Waals surface area contributed by atoms with Gasteiger partial charge in [0, 0.05) is 56.9 Å². The van der Waals surface area contributed by atoms with Gasteiger partial charge in [0.15, 0.2) is 11.6 Å². The Balaban J connectivity index is 1.41. The number of morpholine rings is 1. The molecule has 2 N–H and O–H groups in total. The third-order valence-corrected chi connectivity index (χ3v) is 8.48. The van der Waals surface area contributed by atoms with Crippen LogP contribution in [-0.4, -0.2) is 89.3 Å². The summed E-state index contributed by atoms with van der Waals surface area (Å²) in [5, 5.41) is 0. The molecule has 10 heteroatoms. The molecule has 0 saturated carbocycles. The number of ether oxygens (including phenoxy) is 1. The first-order valence-corrected chi connectivity index (χ1v) is 13.6. The van der Waals surface area contributed by atoms with E-state index in [1.54, 1.807) is 17.5 Å². The molecule has 2 saturated heterocycles.